The molecule has 3 aromatic rings. The molecule has 1 aromatic heterocycles. The molecular weight excluding hydrogens is 351 g/mol. The minimum absolute atomic E-state index is 0. The predicted octanol–water partition coefficient (Wildman–Crippen LogP) is 4.17. The Morgan fingerprint density at radius 2 is 1.71 bits per heavy atom. The minimum Gasteiger partial charge on any atom is -0.255 e. The standard InChI is InChI=1S/C13H9ClN2O2S2.ClH/c14-9-5-7-10(8-6-9)20(17,18)16-13-15-11-3-1-2-4-12(11)19-13;/h1-8H,(H,15,16);1H. The van der Waals surface area contributed by atoms with Crippen LogP contribution in [0.1, 0.15) is 0 Å². The van der Waals surface area contributed by atoms with E-state index in [9.17, 15) is 8.42 Å². The molecule has 0 unspecified atom stereocenters. The van der Waals surface area contributed by atoms with E-state index >= 15 is 0 Å². The lowest BCUT2D eigenvalue weighted by Gasteiger charge is -2.04. The van der Waals surface area contributed by atoms with Crippen molar-refractivity contribution in [1.29, 1.82) is 0 Å². The van der Waals surface area contributed by atoms with E-state index in [1.165, 1.54) is 35.6 Å². The average Bonchev–Trinajstić information content (AvgIpc) is 2.80. The number of anilines is 1. The third-order valence-electron chi connectivity index (χ3n) is 2.64. The number of halogens is 2. The van der Waals surface area contributed by atoms with Gasteiger partial charge in [-0.1, -0.05) is 35.1 Å². The van der Waals surface area contributed by atoms with Crippen LogP contribution in [0.4, 0.5) is 5.13 Å². The molecule has 0 bridgehead atoms. The third kappa shape index (κ3) is 3.47. The largest absolute Gasteiger partial charge is 0.263 e. The van der Waals surface area contributed by atoms with E-state index in [4.69, 9.17) is 11.6 Å². The summed E-state index contributed by atoms with van der Waals surface area (Å²) < 4.78 is 27.8. The van der Waals surface area contributed by atoms with Gasteiger partial charge in [0.2, 0.25) is 0 Å². The van der Waals surface area contributed by atoms with Gasteiger partial charge in [-0.05, 0) is 36.4 Å². The molecule has 2 aromatic carbocycles. The molecule has 0 atom stereocenters. The smallest absolute Gasteiger partial charge is 0.255 e. The Balaban J connectivity index is 0.00000161. The molecule has 0 aliphatic heterocycles. The van der Waals surface area contributed by atoms with Gasteiger partial charge in [-0.25, -0.2) is 13.4 Å². The second-order valence-corrected chi connectivity index (χ2v) is 7.20. The highest BCUT2D eigenvalue weighted by molar-refractivity contribution is 7.93. The maximum absolute atomic E-state index is 12.2. The van der Waals surface area contributed by atoms with Gasteiger partial charge in [0.15, 0.2) is 5.13 Å². The van der Waals surface area contributed by atoms with Gasteiger partial charge in [0.05, 0.1) is 15.1 Å². The van der Waals surface area contributed by atoms with Crippen molar-refractivity contribution in [2.45, 2.75) is 4.90 Å². The van der Waals surface area contributed by atoms with Crippen LogP contribution in [0.3, 0.4) is 0 Å². The molecule has 1 N–H and O–H groups in total. The van der Waals surface area contributed by atoms with Gasteiger partial charge in [0.25, 0.3) is 10.0 Å². The summed E-state index contributed by atoms with van der Waals surface area (Å²) in [5.41, 5.74) is 0.770. The number of para-hydroxylation sites is 1. The molecule has 8 heteroatoms. The van der Waals surface area contributed by atoms with Crippen LogP contribution in [-0.4, -0.2) is 13.4 Å². The van der Waals surface area contributed by atoms with E-state index in [0.717, 1.165) is 10.2 Å². The van der Waals surface area contributed by atoms with Gasteiger partial charge in [-0.3, -0.25) is 4.72 Å². The SMILES string of the molecule is Cl.O=S(=O)(Nc1nc2ccccc2s1)c1ccc(Cl)cc1. The van der Waals surface area contributed by atoms with Crippen LogP contribution in [0, 0.1) is 0 Å². The first-order chi connectivity index (χ1) is 9.54. The maximum Gasteiger partial charge on any atom is 0.263 e. The van der Waals surface area contributed by atoms with E-state index in [2.05, 4.69) is 9.71 Å². The number of hydrogen-bond donors (Lipinski definition) is 1. The van der Waals surface area contributed by atoms with Crippen LogP contribution < -0.4 is 4.72 Å². The van der Waals surface area contributed by atoms with Crippen LogP contribution in [-0.2, 0) is 10.0 Å². The number of sulfonamides is 1. The van der Waals surface area contributed by atoms with Crippen molar-refractivity contribution in [3.63, 3.8) is 0 Å². The molecular formula is C13H10Cl2N2O2S2. The summed E-state index contributed by atoms with van der Waals surface area (Å²) in [6.07, 6.45) is 0. The molecule has 0 aliphatic rings. The monoisotopic (exact) mass is 360 g/mol. The highest BCUT2D eigenvalue weighted by Crippen LogP contribution is 2.27. The Labute approximate surface area is 137 Å². The molecule has 0 spiro atoms. The lowest BCUT2D eigenvalue weighted by Crippen LogP contribution is -2.12. The molecule has 1 heterocycles. The van der Waals surface area contributed by atoms with Crippen molar-refractivity contribution >= 4 is 60.7 Å². The zero-order valence-electron chi connectivity index (χ0n) is 10.5. The Hall–Kier alpha value is -1.34. The maximum atomic E-state index is 12.2. The summed E-state index contributed by atoms with van der Waals surface area (Å²) in [6.45, 7) is 0. The van der Waals surface area contributed by atoms with Gasteiger partial charge >= 0.3 is 0 Å². The second-order valence-electron chi connectivity index (χ2n) is 4.05. The number of nitrogens with zero attached hydrogens (tertiary/aromatic N) is 1. The molecule has 4 nitrogen and oxygen atoms in total. The number of fused-ring (bicyclic) bond motifs is 1. The van der Waals surface area contributed by atoms with Gasteiger partial charge in [-0.15, -0.1) is 12.4 Å². The van der Waals surface area contributed by atoms with Crippen LogP contribution in [0.25, 0.3) is 10.2 Å². The Morgan fingerprint density at radius 3 is 2.38 bits per heavy atom. The number of benzene rings is 2. The number of aromatic nitrogens is 1. The summed E-state index contributed by atoms with van der Waals surface area (Å²) in [6, 6.07) is 13.5. The topological polar surface area (TPSA) is 59.1 Å². The fourth-order valence-electron chi connectivity index (χ4n) is 1.70. The minimum atomic E-state index is -3.64. The number of rotatable bonds is 3. The van der Waals surface area contributed by atoms with Gasteiger partial charge < -0.3 is 0 Å². The average molecular weight is 361 g/mol. The zero-order valence-corrected chi connectivity index (χ0v) is 13.7. The quantitative estimate of drug-likeness (QED) is 0.762. The molecule has 0 saturated heterocycles. The van der Waals surface area contributed by atoms with Gasteiger partial charge in [0, 0.05) is 5.02 Å². The first kappa shape index (κ1) is 16.0. The number of nitrogens with one attached hydrogen (secondary N) is 1. The highest BCUT2D eigenvalue weighted by atomic mass is 35.5. The molecule has 21 heavy (non-hydrogen) atoms. The van der Waals surface area contributed by atoms with Crippen molar-refractivity contribution in [2.24, 2.45) is 0 Å². The molecule has 0 radical (unpaired) electrons. The zero-order chi connectivity index (χ0) is 14.2. The Bertz CT molecular complexity index is 828. The lowest BCUT2D eigenvalue weighted by atomic mass is 10.3. The van der Waals surface area contributed by atoms with Crippen LogP contribution in [0.2, 0.25) is 5.02 Å². The van der Waals surface area contributed by atoms with E-state index in [1.54, 1.807) is 0 Å². The lowest BCUT2D eigenvalue weighted by molar-refractivity contribution is 0.601. The van der Waals surface area contributed by atoms with Crippen molar-refractivity contribution < 1.29 is 8.42 Å². The van der Waals surface area contributed by atoms with Crippen molar-refractivity contribution in [2.75, 3.05) is 4.72 Å². The molecule has 0 fully saturated rings. The first-order valence-corrected chi connectivity index (χ1v) is 8.36. The van der Waals surface area contributed by atoms with Crippen molar-refractivity contribution in [1.82, 2.24) is 4.98 Å². The van der Waals surface area contributed by atoms with Gasteiger partial charge in [-0.2, -0.15) is 0 Å². The normalized spacial score (nSPS) is 11.1. The van der Waals surface area contributed by atoms with Crippen molar-refractivity contribution in [3.05, 3.63) is 53.6 Å². The van der Waals surface area contributed by atoms with E-state index < -0.39 is 10.0 Å². The highest BCUT2D eigenvalue weighted by Gasteiger charge is 2.16. The predicted molar refractivity (Wildman–Crippen MR) is 89.1 cm³/mol. The molecule has 110 valence electrons. The summed E-state index contributed by atoms with van der Waals surface area (Å²) in [4.78, 5) is 4.40. The van der Waals surface area contributed by atoms with Crippen LogP contribution >= 0.6 is 35.3 Å². The van der Waals surface area contributed by atoms with E-state index in [1.807, 2.05) is 24.3 Å². The summed E-state index contributed by atoms with van der Waals surface area (Å²) >= 11 is 7.04. The number of thiazole rings is 1. The Kier molecular flexibility index (Phi) is 4.73. The Morgan fingerprint density at radius 1 is 1.05 bits per heavy atom. The molecule has 3 rings (SSSR count). The fraction of sp³-hybridized carbons (Fsp3) is 0. The van der Waals surface area contributed by atoms with Crippen LogP contribution in [0.5, 0.6) is 0 Å². The van der Waals surface area contributed by atoms with E-state index in [0.29, 0.717) is 10.2 Å². The number of hydrogen-bond acceptors (Lipinski definition) is 4. The van der Waals surface area contributed by atoms with Crippen LogP contribution in [0.15, 0.2) is 53.4 Å². The summed E-state index contributed by atoms with van der Waals surface area (Å²) in [5, 5.41) is 0.838. The van der Waals surface area contributed by atoms with Gasteiger partial charge in [0.1, 0.15) is 0 Å². The first-order valence-electron chi connectivity index (χ1n) is 5.68. The summed E-state index contributed by atoms with van der Waals surface area (Å²) in [7, 11) is -3.64. The third-order valence-corrected chi connectivity index (χ3v) is 5.33. The summed E-state index contributed by atoms with van der Waals surface area (Å²) in [5.74, 6) is 0. The molecule has 0 amide bonds. The second kappa shape index (κ2) is 6.19. The molecule has 0 aliphatic carbocycles. The van der Waals surface area contributed by atoms with E-state index in [-0.39, 0.29) is 17.3 Å². The fourth-order valence-corrected chi connectivity index (χ4v) is 3.93. The molecule has 0 saturated carbocycles. The van der Waals surface area contributed by atoms with Crippen molar-refractivity contribution in [3.8, 4) is 0 Å².